The first-order valence-electron chi connectivity index (χ1n) is 10.6. The quantitative estimate of drug-likeness (QED) is 0.715. The standard InChI is InChI=1S/C23H30N6O/c1-5-16-12-18(17-8-10-29(11-9-17)23(30)24-2)6-7-20(16)28(4)22-13-21-19(14-25-22)26-15-27(21)3/h6-7,12-15,17H,5,8-11H2,1-4H3,(H,24,30). The van der Waals surface area contributed by atoms with Crippen molar-refractivity contribution in [1.82, 2.24) is 24.8 Å². The van der Waals surface area contributed by atoms with Gasteiger partial charge in [-0.05, 0) is 42.4 Å². The lowest BCUT2D eigenvalue weighted by atomic mass is 9.88. The Balaban J connectivity index is 1.56. The van der Waals surface area contributed by atoms with Gasteiger partial charge in [0.15, 0.2) is 0 Å². The second-order valence-corrected chi connectivity index (χ2v) is 8.00. The highest BCUT2D eigenvalue weighted by atomic mass is 16.2. The fourth-order valence-corrected chi connectivity index (χ4v) is 4.37. The van der Waals surface area contributed by atoms with Crippen LogP contribution in [0, 0.1) is 0 Å². The van der Waals surface area contributed by atoms with Crippen molar-refractivity contribution in [3.8, 4) is 0 Å². The van der Waals surface area contributed by atoms with E-state index < -0.39 is 0 Å². The van der Waals surface area contributed by atoms with Crippen molar-refractivity contribution in [1.29, 1.82) is 0 Å². The Hall–Kier alpha value is -3.09. The third kappa shape index (κ3) is 3.72. The Morgan fingerprint density at radius 1 is 1.23 bits per heavy atom. The van der Waals surface area contributed by atoms with Crippen LogP contribution in [-0.2, 0) is 13.5 Å². The molecule has 30 heavy (non-hydrogen) atoms. The van der Waals surface area contributed by atoms with Gasteiger partial charge in [-0.2, -0.15) is 0 Å². The van der Waals surface area contributed by atoms with Crippen molar-refractivity contribution in [3.63, 3.8) is 0 Å². The summed E-state index contributed by atoms with van der Waals surface area (Å²) >= 11 is 0. The fourth-order valence-electron chi connectivity index (χ4n) is 4.37. The molecule has 0 spiro atoms. The van der Waals surface area contributed by atoms with E-state index in [1.807, 2.05) is 29.0 Å². The van der Waals surface area contributed by atoms with Gasteiger partial charge in [-0.3, -0.25) is 0 Å². The summed E-state index contributed by atoms with van der Waals surface area (Å²) in [6, 6.07) is 8.92. The summed E-state index contributed by atoms with van der Waals surface area (Å²) in [7, 11) is 5.76. The number of imidazole rings is 1. The molecule has 3 aromatic rings. The third-order valence-corrected chi connectivity index (χ3v) is 6.25. The van der Waals surface area contributed by atoms with E-state index in [0.717, 1.165) is 49.2 Å². The normalized spacial score (nSPS) is 14.9. The van der Waals surface area contributed by atoms with Gasteiger partial charge < -0.3 is 19.7 Å². The molecule has 1 saturated heterocycles. The van der Waals surface area contributed by atoms with E-state index in [0.29, 0.717) is 5.92 Å². The van der Waals surface area contributed by atoms with Gasteiger partial charge in [-0.25, -0.2) is 14.8 Å². The summed E-state index contributed by atoms with van der Waals surface area (Å²) in [6.45, 7) is 3.81. The zero-order chi connectivity index (χ0) is 21.3. The van der Waals surface area contributed by atoms with E-state index in [2.05, 4.69) is 58.4 Å². The van der Waals surface area contributed by atoms with Crippen molar-refractivity contribution < 1.29 is 4.79 Å². The highest BCUT2D eigenvalue weighted by Gasteiger charge is 2.24. The summed E-state index contributed by atoms with van der Waals surface area (Å²) in [6.07, 6.45) is 6.62. The molecule has 0 bridgehead atoms. The Kier molecular flexibility index (Phi) is 5.61. The number of fused-ring (bicyclic) bond motifs is 1. The average Bonchev–Trinajstić information content (AvgIpc) is 3.17. The summed E-state index contributed by atoms with van der Waals surface area (Å²) in [5, 5.41) is 2.73. The molecular weight excluding hydrogens is 376 g/mol. The number of urea groups is 1. The molecule has 1 fully saturated rings. The molecule has 1 aromatic carbocycles. The van der Waals surface area contributed by atoms with Gasteiger partial charge in [0.1, 0.15) is 11.3 Å². The van der Waals surface area contributed by atoms with Crippen LogP contribution in [0.25, 0.3) is 11.0 Å². The van der Waals surface area contributed by atoms with Gasteiger partial charge in [-0.1, -0.05) is 19.1 Å². The predicted molar refractivity (Wildman–Crippen MR) is 120 cm³/mol. The van der Waals surface area contributed by atoms with Gasteiger partial charge in [0.05, 0.1) is 18.0 Å². The van der Waals surface area contributed by atoms with Crippen molar-refractivity contribution in [2.75, 3.05) is 32.1 Å². The van der Waals surface area contributed by atoms with Crippen LogP contribution in [-0.4, -0.2) is 52.7 Å². The first kappa shape index (κ1) is 20.2. The Morgan fingerprint density at radius 2 is 2.00 bits per heavy atom. The van der Waals surface area contributed by atoms with Crippen LogP contribution in [0.2, 0.25) is 0 Å². The minimum Gasteiger partial charge on any atom is -0.341 e. The number of benzene rings is 1. The second kappa shape index (κ2) is 8.34. The largest absolute Gasteiger partial charge is 0.341 e. The number of rotatable bonds is 4. The third-order valence-electron chi connectivity index (χ3n) is 6.25. The van der Waals surface area contributed by atoms with Crippen molar-refractivity contribution >= 4 is 28.6 Å². The SMILES string of the molecule is CCc1cc(C2CCN(C(=O)NC)CC2)ccc1N(C)c1cc2c(cn1)ncn2C. The molecule has 2 aromatic heterocycles. The number of anilines is 2. The summed E-state index contributed by atoms with van der Waals surface area (Å²) in [5.41, 5.74) is 5.84. The Bertz CT molecular complexity index is 1050. The predicted octanol–water partition coefficient (Wildman–Crippen LogP) is 3.82. The molecule has 1 aliphatic rings. The zero-order valence-electron chi connectivity index (χ0n) is 18.2. The molecule has 158 valence electrons. The number of aryl methyl sites for hydroxylation is 2. The number of nitrogens with zero attached hydrogens (tertiary/aromatic N) is 5. The monoisotopic (exact) mass is 406 g/mol. The lowest BCUT2D eigenvalue weighted by Gasteiger charge is -2.32. The maximum atomic E-state index is 11.8. The molecule has 0 unspecified atom stereocenters. The zero-order valence-corrected chi connectivity index (χ0v) is 18.2. The number of pyridine rings is 1. The topological polar surface area (TPSA) is 66.3 Å². The molecule has 7 nitrogen and oxygen atoms in total. The Labute approximate surface area is 177 Å². The minimum absolute atomic E-state index is 0.0255. The van der Waals surface area contributed by atoms with Gasteiger partial charge >= 0.3 is 6.03 Å². The lowest BCUT2D eigenvalue weighted by Crippen LogP contribution is -2.42. The number of carbonyl (C=O) groups is 1. The summed E-state index contributed by atoms with van der Waals surface area (Å²) < 4.78 is 2.02. The molecule has 7 heteroatoms. The van der Waals surface area contributed by atoms with Crippen LogP contribution in [0.3, 0.4) is 0 Å². The summed E-state index contributed by atoms with van der Waals surface area (Å²) in [4.78, 5) is 24.9. The van der Waals surface area contributed by atoms with Crippen LogP contribution in [0.15, 0.2) is 36.8 Å². The van der Waals surface area contributed by atoms with Gasteiger partial charge in [0.25, 0.3) is 0 Å². The first-order valence-corrected chi connectivity index (χ1v) is 10.6. The number of piperidine rings is 1. The number of aromatic nitrogens is 3. The second-order valence-electron chi connectivity index (χ2n) is 8.00. The molecule has 1 aliphatic heterocycles. The lowest BCUT2D eigenvalue weighted by molar-refractivity contribution is 0.183. The van der Waals surface area contributed by atoms with Crippen molar-refractivity contribution in [3.05, 3.63) is 47.9 Å². The van der Waals surface area contributed by atoms with Crippen molar-refractivity contribution in [2.45, 2.75) is 32.1 Å². The van der Waals surface area contributed by atoms with Gasteiger partial charge in [0, 0.05) is 46.0 Å². The minimum atomic E-state index is 0.0255. The molecule has 0 atom stereocenters. The van der Waals surface area contributed by atoms with Crippen LogP contribution < -0.4 is 10.2 Å². The molecular formula is C23H30N6O. The van der Waals surface area contributed by atoms with E-state index in [4.69, 9.17) is 0 Å². The number of carbonyl (C=O) groups excluding carboxylic acids is 1. The van der Waals surface area contributed by atoms with Crippen molar-refractivity contribution in [2.24, 2.45) is 7.05 Å². The highest BCUT2D eigenvalue weighted by Crippen LogP contribution is 2.34. The van der Waals surface area contributed by atoms with Crippen LogP contribution in [0.5, 0.6) is 0 Å². The van der Waals surface area contributed by atoms with E-state index in [9.17, 15) is 4.79 Å². The van der Waals surface area contributed by atoms with E-state index in [-0.39, 0.29) is 6.03 Å². The van der Waals surface area contributed by atoms with Gasteiger partial charge in [-0.15, -0.1) is 0 Å². The average molecular weight is 407 g/mol. The number of likely N-dealkylation sites (tertiary alicyclic amines) is 1. The molecule has 3 heterocycles. The van der Waals surface area contributed by atoms with Crippen LogP contribution in [0.1, 0.15) is 36.8 Å². The highest BCUT2D eigenvalue weighted by molar-refractivity contribution is 5.79. The molecule has 2 amide bonds. The maximum absolute atomic E-state index is 11.8. The first-order chi connectivity index (χ1) is 14.5. The molecule has 0 radical (unpaired) electrons. The fraction of sp³-hybridized carbons (Fsp3) is 0.435. The number of amides is 2. The molecule has 0 aliphatic carbocycles. The van der Waals surface area contributed by atoms with E-state index in [1.54, 1.807) is 7.05 Å². The molecule has 4 rings (SSSR count). The molecule has 0 saturated carbocycles. The van der Waals surface area contributed by atoms with Gasteiger partial charge in [0.2, 0.25) is 0 Å². The molecule has 1 N–H and O–H groups in total. The number of hydrogen-bond donors (Lipinski definition) is 1. The van der Waals surface area contributed by atoms with E-state index in [1.165, 1.54) is 16.8 Å². The Morgan fingerprint density at radius 3 is 2.70 bits per heavy atom. The number of nitrogens with one attached hydrogen (secondary N) is 1. The smallest absolute Gasteiger partial charge is 0.317 e. The van der Waals surface area contributed by atoms with Crippen LogP contribution in [0.4, 0.5) is 16.3 Å². The number of hydrogen-bond acceptors (Lipinski definition) is 4. The van der Waals surface area contributed by atoms with Crippen LogP contribution >= 0.6 is 0 Å². The summed E-state index contributed by atoms with van der Waals surface area (Å²) in [5.74, 6) is 1.41. The maximum Gasteiger partial charge on any atom is 0.317 e. The van der Waals surface area contributed by atoms with E-state index >= 15 is 0 Å².